The fourth-order valence-corrected chi connectivity index (χ4v) is 3.13. The molecule has 0 bridgehead atoms. The number of imide groups is 1. The van der Waals surface area contributed by atoms with Crippen LogP contribution in [0, 0.1) is 0 Å². The van der Waals surface area contributed by atoms with Gasteiger partial charge < -0.3 is 19.5 Å². The number of fused-ring (bicyclic) bond motifs is 1. The molecule has 3 amide bonds. The van der Waals surface area contributed by atoms with Gasteiger partial charge in [0.1, 0.15) is 0 Å². The lowest BCUT2D eigenvalue weighted by molar-refractivity contribution is -0.149. The highest BCUT2D eigenvalue weighted by Gasteiger charge is 2.21. The smallest absolute Gasteiger partial charge is 0.331 e. The molecule has 8 heteroatoms. The van der Waals surface area contributed by atoms with Gasteiger partial charge in [0.25, 0.3) is 5.91 Å². The van der Waals surface area contributed by atoms with E-state index in [4.69, 9.17) is 14.2 Å². The van der Waals surface area contributed by atoms with Crippen molar-refractivity contribution in [2.24, 2.45) is 0 Å². The molecule has 0 unspecified atom stereocenters. The first kappa shape index (κ1) is 19.7. The van der Waals surface area contributed by atoms with Crippen molar-refractivity contribution in [1.29, 1.82) is 0 Å². The standard InChI is InChI=1S/C20H24N2O6/c1-13(19(24)22-20(25)21-15-5-3-2-4-6-15)28-18(23)10-8-14-7-9-16-17(11-14)27-12-26-16/h7-11,13,15H,2-6,12H2,1H3,(H2,21,22,24,25)/b10-8+/t13-/m1/s1. The second kappa shape index (κ2) is 9.25. The highest BCUT2D eigenvalue weighted by atomic mass is 16.7. The summed E-state index contributed by atoms with van der Waals surface area (Å²) in [5, 5.41) is 4.99. The lowest BCUT2D eigenvalue weighted by Gasteiger charge is -2.23. The van der Waals surface area contributed by atoms with Crippen LogP contribution in [0.5, 0.6) is 11.5 Å². The van der Waals surface area contributed by atoms with Crippen molar-refractivity contribution in [2.75, 3.05) is 6.79 Å². The Morgan fingerprint density at radius 1 is 1.14 bits per heavy atom. The molecule has 8 nitrogen and oxygen atoms in total. The third-order valence-electron chi connectivity index (χ3n) is 4.65. The summed E-state index contributed by atoms with van der Waals surface area (Å²) >= 11 is 0. The van der Waals surface area contributed by atoms with Gasteiger partial charge in [-0.05, 0) is 43.5 Å². The second-order valence-electron chi connectivity index (χ2n) is 6.82. The average Bonchev–Trinajstić information content (AvgIpc) is 3.14. The maximum Gasteiger partial charge on any atom is 0.331 e. The Balaban J connectivity index is 1.43. The molecule has 1 fully saturated rings. The molecule has 1 aromatic rings. The molecular formula is C20H24N2O6. The predicted molar refractivity (Wildman–Crippen MR) is 101 cm³/mol. The van der Waals surface area contributed by atoms with Crippen molar-refractivity contribution in [1.82, 2.24) is 10.6 Å². The molecule has 1 atom stereocenters. The minimum Gasteiger partial charge on any atom is -0.454 e. The number of carbonyl (C=O) groups excluding carboxylic acids is 3. The summed E-state index contributed by atoms with van der Waals surface area (Å²) in [5.41, 5.74) is 0.727. The Kier molecular flexibility index (Phi) is 6.52. The first-order chi connectivity index (χ1) is 13.5. The van der Waals surface area contributed by atoms with E-state index in [1.54, 1.807) is 24.3 Å². The minimum absolute atomic E-state index is 0.0871. The van der Waals surface area contributed by atoms with E-state index in [-0.39, 0.29) is 12.8 Å². The quantitative estimate of drug-likeness (QED) is 0.593. The van der Waals surface area contributed by atoms with Gasteiger partial charge in [-0.25, -0.2) is 9.59 Å². The fourth-order valence-electron chi connectivity index (χ4n) is 3.13. The van der Waals surface area contributed by atoms with Crippen molar-refractivity contribution in [3.63, 3.8) is 0 Å². The van der Waals surface area contributed by atoms with E-state index < -0.39 is 24.0 Å². The number of benzene rings is 1. The molecule has 1 aromatic carbocycles. The van der Waals surface area contributed by atoms with Crippen molar-refractivity contribution >= 4 is 24.0 Å². The molecule has 0 saturated heterocycles. The summed E-state index contributed by atoms with van der Waals surface area (Å²) in [5.74, 6) is -0.102. The number of urea groups is 1. The zero-order valence-electron chi connectivity index (χ0n) is 15.7. The summed E-state index contributed by atoms with van der Waals surface area (Å²) in [6, 6.07) is 4.77. The molecule has 1 saturated carbocycles. The normalized spacial score (nSPS) is 17.2. The first-order valence-corrected chi connectivity index (χ1v) is 9.41. The molecule has 0 spiro atoms. The van der Waals surface area contributed by atoms with Crippen LogP contribution in [-0.4, -0.2) is 36.8 Å². The lowest BCUT2D eigenvalue weighted by atomic mass is 9.96. The summed E-state index contributed by atoms with van der Waals surface area (Å²) < 4.78 is 15.5. The Bertz CT molecular complexity index is 770. The molecule has 1 heterocycles. The van der Waals surface area contributed by atoms with E-state index in [2.05, 4.69) is 10.6 Å². The average molecular weight is 388 g/mol. The Labute approximate surface area is 163 Å². The SMILES string of the molecule is C[C@@H](OC(=O)/C=C/c1ccc2c(c1)OCO2)C(=O)NC(=O)NC1CCCCC1. The molecule has 2 N–H and O–H groups in total. The van der Waals surface area contributed by atoms with Gasteiger partial charge in [-0.1, -0.05) is 25.3 Å². The van der Waals surface area contributed by atoms with Crippen molar-refractivity contribution in [2.45, 2.75) is 51.2 Å². The van der Waals surface area contributed by atoms with E-state index in [1.165, 1.54) is 19.4 Å². The van der Waals surface area contributed by atoms with Crippen LogP contribution in [0.15, 0.2) is 24.3 Å². The lowest BCUT2D eigenvalue weighted by Crippen LogP contribution is -2.48. The monoisotopic (exact) mass is 388 g/mol. The van der Waals surface area contributed by atoms with E-state index >= 15 is 0 Å². The third-order valence-corrected chi connectivity index (χ3v) is 4.65. The van der Waals surface area contributed by atoms with Crippen molar-refractivity contribution in [3.05, 3.63) is 29.8 Å². The Morgan fingerprint density at radius 2 is 1.89 bits per heavy atom. The zero-order valence-corrected chi connectivity index (χ0v) is 15.7. The van der Waals surface area contributed by atoms with Crippen molar-refractivity contribution < 1.29 is 28.6 Å². The molecule has 0 radical (unpaired) electrons. The van der Waals surface area contributed by atoms with Gasteiger partial charge in [-0.3, -0.25) is 10.1 Å². The maximum atomic E-state index is 12.0. The Hall–Kier alpha value is -3.03. The van der Waals surface area contributed by atoms with Gasteiger partial charge in [0.15, 0.2) is 17.6 Å². The van der Waals surface area contributed by atoms with Gasteiger partial charge in [-0.2, -0.15) is 0 Å². The zero-order chi connectivity index (χ0) is 19.9. The van der Waals surface area contributed by atoms with Crippen LogP contribution < -0.4 is 20.1 Å². The highest BCUT2D eigenvalue weighted by Crippen LogP contribution is 2.32. The van der Waals surface area contributed by atoms with E-state index in [0.717, 1.165) is 31.2 Å². The summed E-state index contributed by atoms with van der Waals surface area (Å²) in [4.78, 5) is 35.8. The predicted octanol–water partition coefficient (Wildman–Crippen LogP) is 2.52. The number of hydrogen-bond acceptors (Lipinski definition) is 6. The number of carbonyl (C=O) groups is 3. The van der Waals surface area contributed by atoms with Crippen LogP contribution in [0.2, 0.25) is 0 Å². The van der Waals surface area contributed by atoms with Gasteiger partial charge in [0, 0.05) is 12.1 Å². The van der Waals surface area contributed by atoms with Crippen LogP contribution in [-0.2, 0) is 14.3 Å². The topological polar surface area (TPSA) is 103 Å². The first-order valence-electron chi connectivity index (χ1n) is 9.41. The van der Waals surface area contributed by atoms with Crippen LogP contribution in [0.3, 0.4) is 0 Å². The van der Waals surface area contributed by atoms with E-state index in [0.29, 0.717) is 11.5 Å². The summed E-state index contributed by atoms with van der Waals surface area (Å²) in [6.45, 7) is 1.58. The molecule has 3 rings (SSSR count). The number of ether oxygens (including phenoxy) is 3. The molecule has 1 aliphatic carbocycles. The molecule has 2 aliphatic rings. The third kappa shape index (κ3) is 5.48. The van der Waals surface area contributed by atoms with E-state index in [1.807, 2.05) is 0 Å². The maximum absolute atomic E-state index is 12.0. The number of rotatable bonds is 5. The minimum atomic E-state index is -1.09. The van der Waals surface area contributed by atoms with Gasteiger partial charge >= 0.3 is 12.0 Å². The van der Waals surface area contributed by atoms with Crippen LogP contribution in [0.4, 0.5) is 4.79 Å². The van der Waals surface area contributed by atoms with Crippen molar-refractivity contribution in [3.8, 4) is 11.5 Å². The Morgan fingerprint density at radius 3 is 2.68 bits per heavy atom. The van der Waals surface area contributed by atoms with Crippen LogP contribution in [0.25, 0.3) is 6.08 Å². The molecule has 1 aliphatic heterocycles. The number of amides is 3. The molecule has 28 heavy (non-hydrogen) atoms. The highest BCUT2D eigenvalue weighted by molar-refractivity contribution is 5.98. The van der Waals surface area contributed by atoms with Crippen LogP contribution >= 0.6 is 0 Å². The largest absolute Gasteiger partial charge is 0.454 e. The summed E-state index contributed by atoms with van der Waals surface area (Å²) in [7, 11) is 0. The van der Waals surface area contributed by atoms with Gasteiger partial charge in [0.05, 0.1) is 0 Å². The van der Waals surface area contributed by atoms with E-state index in [9.17, 15) is 14.4 Å². The number of nitrogens with one attached hydrogen (secondary N) is 2. The fraction of sp³-hybridized carbons (Fsp3) is 0.450. The molecule has 0 aromatic heterocycles. The van der Waals surface area contributed by atoms with Crippen LogP contribution in [0.1, 0.15) is 44.6 Å². The summed E-state index contributed by atoms with van der Waals surface area (Å²) in [6.07, 6.45) is 6.81. The number of hydrogen-bond donors (Lipinski definition) is 2. The van der Waals surface area contributed by atoms with Gasteiger partial charge in [-0.15, -0.1) is 0 Å². The second-order valence-corrected chi connectivity index (χ2v) is 6.82. The molecule has 150 valence electrons. The molecular weight excluding hydrogens is 364 g/mol. The van der Waals surface area contributed by atoms with Gasteiger partial charge in [0.2, 0.25) is 6.79 Å². The number of esters is 1.